The Morgan fingerprint density at radius 2 is 1.59 bits per heavy atom. The molecule has 5 nitrogen and oxygen atoms in total. The molecule has 3 aromatic rings. The highest BCUT2D eigenvalue weighted by Gasteiger charge is 2.29. The van der Waals surface area contributed by atoms with Gasteiger partial charge in [-0.3, -0.25) is 0 Å². The van der Waals surface area contributed by atoms with Crippen LogP contribution < -0.4 is 5.14 Å². The zero-order chi connectivity index (χ0) is 18.9. The summed E-state index contributed by atoms with van der Waals surface area (Å²) >= 11 is 0. The van der Waals surface area contributed by atoms with Gasteiger partial charge in [-0.05, 0) is 18.9 Å². The van der Waals surface area contributed by atoms with Gasteiger partial charge in [-0.25, -0.2) is 13.6 Å². The lowest BCUT2D eigenvalue weighted by atomic mass is 9.84. The van der Waals surface area contributed by atoms with Crippen LogP contribution in [0.3, 0.4) is 0 Å². The van der Waals surface area contributed by atoms with Crippen LogP contribution in [0.2, 0.25) is 0 Å². The van der Waals surface area contributed by atoms with Crippen LogP contribution in [0.15, 0.2) is 64.0 Å². The normalized spacial score (nSPS) is 15.7. The highest BCUT2D eigenvalue weighted by atomic mass is 32.2. The van der Waals surface area contributed by atoms with E-state index in [9.17, 15) is 8.42 Å². The third kappa shape index (κ3) is 3.55. The van der Waals surface area contributed by atoms with Gasteiger partial charge in [0.05, 0.1) is 10.5 Å². The second-order valence-corrected chi connectivity index (χ2v) is 8.54. The summed E-state index contributed by atoms with van der Waals surface area (Å²) in [5.41, 5.74) is 2.85. The largest absolute Gasteiger partial charge is 0.360 e. The maximum Gasteiger partial charge on any atom is 0.238 e. The van der Waals surface area contributed by atoms with E-state index in [1.54, 1.807) is 12.1 Å². The van der Waals surface area contributed by atoms with E-state index in [-0.39, 0.29) is 10.8 Å². The first kappa shape index (κ1) is 17.9. The van der Waals surface area contributed by atoms with Crippen molar-refractivity contribution in [1.82, 2.24) is 5.16 Å². The monoisotopic (exact) mass is 382 g/mol. The van der Waals surface area contributed by atoms with Gasteiger partial charge in [0.1, 0.15) is 11.5 Å². The molecule has 1 saturated carbocycles. The second-order valence-electron chi connectivity index (χ2n) is 7.01. The van der Waals surface area contributed by atoms with Crippen molar-refractivity contribution in [2.24, 2.45) is 5.14 Å². The van der Waals surface area contributed by atoms with E-state index < -0.39 is 10.0 Å². The van der Waals surface area contributed by atoms with Gasteiger partial charge in [0, 0.05) is 17.0 Å². The number of hydrogen-bond donors (Lipinski definition) is 1. The van der Waals surface area contributed by atoms with Crippen molar-refractivity contribution >= 4 is 10.0 Å². The lowest BCUT2D eigenvalue weighted by molar-refractivity contribution is 0.323. The first-order chi connectivity index (χ1) is 13.1. The molecule has 1 heterocycles. The maximum absolute atomic E-state index is 12.2. The molecule has 0 bridgehead atoms. The van der Waals surface area contributed by atoms with Gasteiger partial charge in [0.25, 0.3) is 0 Å². The molecular weight excluding hydrogens is 360 g/mol. The van der Waals surface area contributed by atoms with E-state index in [0.717, 1.165) is 42.6 Å². The molecule has 0 saturated heterocycles. The number of benzene rings is 2. The summed E-state index contributed by atoms with van der Waals surface area (Å²) in [6.07, 6.45) is 5.55. The predicted octanol–water partition coefficient (Wildman–Crippen LogP) is 4.70. The summed E-state index contributed by atoms with van der Waals surface area (Å²) in [6, 6.07) is 16.5. The standard InChI is InChI=1S/C21H22N2O3S/c22-27(24,25)18-14-8-7-13-17(18)19-20(15-9-3-1-4-10-15)23-26-21(19)16-11-5-2-6-12-16/h1,3-4,7-10,13-14,16H,2,5-6,11-12H2,(H2,22,24,25). The molecule has 0 atom stereocenters. The highest BCUT2D eigenvalue weighted by Crippen LogP contribution is 2.44. The maximum atomic E-state index is 12.2. The fourth-order valence-electron chi connectivity index (χ4n) is 3.92. The first-order valence-electron chi connectivity index (χ1n) is 9.23. The Labute approximate surface area is 159 Å². The van der Waals surface area contributed by atoms with E-state index in [2.05, 4.69) is 5.16 Å². The molecule has 2 N–H and O–H groups in total. The van der Waals surface area contributed by atoms with Crippen molar-refractivity contribution in [3.8, 4) is 22.4 Å². The van der Waals surface area contributed by atoms with Gasteiger partial charge < -0.3 is 4.52 Å². The topological polar surface area (TPSA) is 86.2 Å². The quantitative estimate of drug-likeness (QED) is 0.708. The molecule has 1 fully saturated rings. The average molecular weight is 382 g/mol. The molecule has 1 aromatic heterocycles. The minimum Gasteiger partial charge on any atom is -0.360 e. The molecular formula is C21H22N2O3S. The van der Waals surface area contributed by atoms with E-state index in [1.807, 2.05) is 36.4 Å². The molecule has 6 heteroatoms. The van der Waals surface area contributed by atoms with Gasteiger partial charge in [0.15, 0.2) is 0 Å². The summed E-state index contributed by atoms with van der Waals surface area (Å²) < 4.78 is 30.2. The van der Waals surface area contributed by atoms with Crippen molar-refractivity contribution in [2.45, 2.75) is 42.9 Å². The van der Waals surface area contributed by atoms with Gasteiger partial charge in [-0.2, -0.15) is 0 Å². The van der Waals surface area contributed by atoms with Crippen molar-refractivity contribution in [2.75, 3.05) is 0 Å². The van der Waals surface area contributed by atoms with Crippen LogP contribution in [0.4, 0.5) is 0 Å². The van der Waals surface area contributed by atoms with Crippen molar-refractivity contribution < 1.29 is 12.9 Å². The third-order valence-electron chi connectivity index (χ3n) is 5.20. The number of nitrogens with two attached hydrogens (primary N) is 1. The van der Waals surface area contributed by atoms with Crippen molar-refractivity contribution in [1.29, 1.82) is 0 Å². The average Bonchev–Trinajstić information content (AvgIpc) is 3.14. The SMILES string of the molecule is NS(=O)(=O)c1ccccc1-c1c(-c2ccccc2)noc1C1CCCCC1. The van der Waals surface area contributed by atoms with Gasteiger partial charge in [0.2, 0.25) is 10.0 Å². The Kier molecular flexibility index (Phi) is 4.85. The molecule has 0 amide bonds. The molecule has 1 aliphatic carbocycles. The predicted molar refractivity (Wildman–Crippen MR) is 105 cm³/mol. The van der Waals surface area contributed by atoms with Gasteiger partial charge >= 0.3 is 0 Å². The molecule has 27 heavy (non-hydrogen) atoms. The zero-order valence-electron chi connectivity index (χ0n) is 15.0. The molecule has 2 aromatic carbocycles. The third-order valence-corrected chi connectivity index (χ3v) is 6.17. The summed E-state index contributed by atoms with van der Waals surface area (Å²) in [5, 5.41) is 9.85. The molecule has 0 spiro atoms. The van der Waals surface area contributed by atoms with Crippen LogP contribution in [0.5, 0.6) is 0 Å². The Balaban J connectivity index is 1.97. The van der Waals surface area contributed by atoms with Crippen LogP contribution in [0.1, 0.15) is 43.8 Å². The van der Waals surface area contributed by atoms with Crippen LogP contribution >= 0.6 is 0 Å². The van der Waals surface area contributed by atoms with Crippen LogP contribution in [-0.2, 0) is 10.0 Å². The highest BCUT2D eigenvalue weighted by molar-refractivity contribution is 7.89. The second kappa shape index (κ2) is 7.29. The van der Waals surface area contributed by atoms with Crippen LogP contribution in [0.25, 0.3) is 22.4 Å². The molecule has 4 rings (SSSR count). The molecule has 140 valence electrons. The van der Waals surface area contributed by atoms with Crippen molar-refractivity contribution in [3.63, 3.8) is 0 Å². The summed E-state index contributed by atoms with van der Waals surface area (Å²) in [4.78, 5) is 0.0995. The number of aromatic nitrogens is 1. The van der Waals surface area contributed by atoms with Crippen LogP contribution in [-0.4, -0.2) is 13.6 Å². The number of hydrogen-bond acceptors (Lipinski definition) is 4. The minimum absolute atomic E-state index is 0.0995. The molecule has 0 aliphatic heterocycles. The number of rotatable bonds is 4. The van der Waals surface area contributed by atoms with E-state index in [0.29, 0.717) is 11.3 Å². The zero-order valence-corrected chi connectivity index (χ0v) is 15.8. The molecule has 0 unspecified atom stereocenters. The number of nitrogens with zero attached hydrogens (tertiary/aromatic N) is 1. The van der Waals surface area contributed by atoms with Gasteiger partial charge in [-0.1, -0.05) is 73.0 Å². The fraction of sp³-hybridized carbons (Fsp3) is 0.286. The lowest BCUT2D eigenvalue weighted by Crippen LogP contribution is -2.14. The summed E-state index contributed by atoms with van der Waals surface area (Å²) in [7, 11) is -3.88. The van der Waals surface area contributed by atoms with E-state index >= 15 is 0 Å². The summed E-state index contributed by atoms with van der Waals surface area (Å²) in [5.74, 6) is 1.01. The lowest BCUT2D eigenvalue weighted by Gasteiger charge is -2.20. The number of primary sulfonamides is 1. The van der Waals surface area contributed by atoms with E-state index in [4.69, 9.17) is 9.66 Å². The Morgan fingerprint density at radius 3 is 2.30 bits per heavy atom. The Bertz CT molecular complexity index is 1040. The van der Waals surface area contributed by atoms with Crippen molar-refractivity contribution in [3.05, 3.63) is 60.4 Å². The molecule has 0 radical (unpaired) electrons. The smallest absolute Gasteiger partial charge is 0.238 e. The minimum atomic E-state index is -3.88. The van der Waals surface area contributed by atoms with Gasteiger partial charge in [-0.15, -0.1) is 0 Å². The summed E-state index contributed by atoms with van der Waals surface area (Å²) in [6.45, 7) is 0. The Hall–Kier alpha value is -2.44. The Morgan fingerprint density at radius 1 is 0.926 bits per heavy atom. The molecule has 1 aliphatic rings. The first-order valence-corrected chi connectivity index (χ1v) is 10.8. The van der Waals surface area contributed by atoms with E-state index in [1.165, 1.54) is 12.5 Å². The number of sulfonamides is 1. The van der Waals surface area contributed by atoms with Crippen LogP contribution in [0, 0.1) is 0 Å². The fourth-order valence-corrected chi connectivity index (χ4v) is 4.67.